The summed E-state index contributed by atoms with van der Waals surface area (Å²) in [5.41, 5.74) is 0. The van der Waals surface area contributed by atoms with Crippen molar-refractivity contribution in [2.24, 2.45) is 0 Å². The van der Waals surface area contributed by atoms with Crippen LogP contribution in [0.2, 0.25) is 0 Å². The normalized spacial score (nSPS) is 20.2. The van der Waals surface area contributed by atoms with Crippen LogP contribution in [0.4, 0.5) is 0 Å². The average Bonchev–Trinajstić information content (AvgIpc) is 2.14. The van der Waals surface area contributed by atoms with Crippen molar-refractivity contribution in [3.05, 3.63) is 0 Å². The van der Waals surface area contributed by atoms with E-state index < -0.39 is 10.3 Å². The lowest BCUT2D eigenvalue weighted by Gasteiger charge is -2.34. The maximum Gasteiger partial charge on any atom is 0.349 e. The van der Waals surface area contributed by atoms with E-state index in [1.165, 1.54) is 0 Å². The Hall–Kier alpha value is -0.210. The molecule has 0 saturated carbocycles. The molecule has 1 rings (SSSR count). The van der Waals surface area contributed by atoms with E-state index in [2.05, 4.69) is 5.32 Å². The summed E-state index contributed by atoms with van der Waals surface area (Å²) in [4.78, 5) is 0. The van der Waals surface area contributed by atoms with Crippen molar-refractivity contribution in [1.82, 2.24) is 14.7 Å². The van der Waals surface area contributed by atoms with E-state index in [4.69, 9.17) is 4.55 Å². The molecule has 84 valence electrons. The Labute approximate surface area is 84.7 Å². The van der Waals surface area contributed by atoms with Gasteiger partial charge in [0.15, 0.2) is 0 Å². The van der Waals surface area contributed by atoms with Gasteiger partial charge in [0, 0.05) is 32.7 Å². The van der Waals surface area contributed by atoms with Crippen LogP contribution in [0.15, 0.2) is 0 Å². The zero-order valence-electron chi connectivity index (χ0n) is 8.31. The number of hydrazine groups is 1. The topological polar surface area (TPSA) is 72.9 Å². The van der Waals surface area contributed by atoms with Crippen LogP contribution in [-0.2, 0) is 10.3 Å². The monoisotopic (exact) mass is 223 g/mol. The predicted molar refractivity (Wildman–Crippen MR) is 53.0 cm³/mol. The molecule has 14 heavy (non-hydrogen) atoms. The van der Waals surface area contributed by atoms with Crippen LogP contribution in [0.1, 0.15) is 13.3 Å². The predicted octanol–water partition coefficient (Wildman–Crippen LogP) is -0.679. The van der Waals surface area contributed by atoms with Gasteiger partial charge >= 0.3 is 10.3 Å². The lowest BCUT2D eigenvalue weighted by atomic mass is 10.4. The maximum atomic E-state index is 11.0. The van der Waals surface area contributed by atoms with Gasteiger partial charge in [-0.25, -0.2) is 5.01 Å². The van der Waals surface area contributed by atoms with Gasteiger partial charge < -0.3 is 5.32 Å². The summed E-state index contributed by atoms with van der Waals surface area (Å²) in [6, 6.07) is 0. The molecule has 1 fully saturated rings. The van der Waals surface area contributed by atoms with Crippen molar-refractivity contribution < 1.29 is 13.0 Å². The van der Waals surface area contributed by atoms with Gasteiger partial charge in [0.2, 0.25) is 0 Å². The summed E-state index contributed by atoms with van der Waals surface area (Å²) in [6.45, 7) is 4.92. The first kappa shape index (κ1) is 11.9. The highest BCUT2D eigenvalue weighted by Crippen LogP contribution is 2.06. The molecule has 1 aliphatic heterocycles. The minimum Gasteiger partial charge on any atom is -0.314 e. The molecule has 0 aliphatic carbocycles. The molecule has 6 nitrogen and oxygen atoms in total. The van der Waals surface area contributed by atoms with Gasteiger partial charge in [0.1, 0.15) is 0 Å². The molecule has 7 heteroatoms. The van der Waals surface area contributed by atoms with Crippen LogP contribution in [0, 0.1) is 0 Å². The highest BCUT2D eigenvalue weighted by atomic mass is 32.2. The fourth-order valence-electron chi connectivity index (χ4n) is 1.47. The van der Waals surface area contributed by atoms with E-state index in [9.17, 15) is 8.42 Å². The second-order valence-corrected chi connectivity index (χ2v) is 4.54. The molecule has 2 N–H and O–H groups in total. The van der Waals surface area contributed by atoms with E-state index in [0.717, 1.165) is 17.5 Å². The van der Waals surface area contributed by atoms with Gasteiger partial charge in [-0.1, -0.05) is 6.92 Å². The van der Waals surface area contributed by atoms with Crippen molar-refractivity contribution in [3.63, 3.8) is 0 Å². The van der Waals surface area contributed by atoms with Gasteiger partial charge in [0.25, 0.3) is 0 Å². The lowest BCUT2D eigenvalue weighted by molar-refractivity contribution is 0.0373. The molecule has 0 unspecified atom stereocenters. The number of rotatable bonds is 4. The zero-order chi connectivity index (χ0) is 10.6. The summed E-state index contributed by atoms with van der Waals surface area (Å²) < 4.78 is 32.1. The number of nitrogens with zero attached hydrogens (tertiary/aromatic N) is 2. The van der Waals surface area contributed by atoms with Crippen LogP contribution in [-0.4, -0.2) is 55.1 Å². The smallest absolute Gasteiger partial charge is 0.314 e. The van der Waals surface area contributed by atoms with Gasteiger partial charge in [-0.2, -0.15) is 8.42 Å². The summed E-state index contributed by atoms with van der Waals surface area (Å²) in [5, 5.41) is 4.78. The Morgan fingerprint density at radius 2 is 2.00 bits per heavy atom. The second-order valence-electron chi connectivity index (χ2n) is 3.23. The fourth-order valence-corrected chi connectivity index (χ4v) is 2.34. The molecule has 0 amide bonds. The quantitative estimate of drug-likeness (QED) is 0.618. The SMILES string of the molecule is CCCN(N1CCNCC1)S(=O)(=O)O. The van der Waals surface area contributed by atoms with Crippen molar-refractivity contribution in [1.29, 1.82) is 0 Å². The number of hydrogen-bond acceptors (Lipinski definition) is 4. The van der Waals surface area contributed by atoms with Crippen LogP contribution >= 0.6 is 0 Å². The molecule has 0 spiro atoms. The highest BCUT2D eigenvalue weighted by Gasteiger charge is 2.26. The van der Waals surface area contributed by atoms with Crippen LogP contribution in [0.25, 0.3) is 0 Å². The molecule has 0 radical (unpaired) electrons. The minimum atomic E-state index is -4.10. The van der Waals surface area contributed by atoms with Crippen molar-refractivity contribution in [2.75, 3.05) is 32.7 Å². The molecule has 1 aliphatic rings. The highest BCUT2D eigenvalue weighted by molar-refractivity contribution is 7.83. The molecule has 0 atom stereocenters. The fraction of sp³-hybridized carbons (Fsp3) is 1.00. The molecule has 0 aromatic rings. The Morgan fingerprint density at radius 1 is 1.43 bits per heavy atom. The molecule has 1 heterocycles. The lowest BCUT2D eigenvalue weighted by Crippen LogP contribution is -2.54. The van der Waals surface area contributed by atoms with Crippen molar-refractivity contribution >= 4 is 10.3 Å². The first-order valence-electron chi connectivity index (χ1n) is 4.76. The zero-order valence-corrected chi connectivity index (χ0v) is 9.13. The minimum absolute atomic E-state index is 0.332. The summed E-state index contributed by atoms with van der Waals surface area (Å²) in [6.07, 6.45) is 0.684. The van der Waals surface area contributed by atoms with Gasteiger partial charge in [0.05, 0.1) is 0 Å². The van der Waals surface area contributed by atoms with Crippen LogP contribution < -0.4 is 5.32 Å². The maximum absolute atomic E-state index is 11.0. The molecular formula is C7H17N3O3S. The summed E-state index contributed by atoms with van der Waals surface area (Å²) in [5.74, 6) is 0. The van der Waals surface area contributed by atoms with Gasteiger partial charge in [-0.15, -0.1) is 4.41 Å². The van der Waals surface area contributed by atoms with Gasteiger partial charge in [-0.05, 0) is 6.42 Å². The Balaban J connectivity index is 2.66. The standard InChI is InChI=1S/C7H17N3O3S/c1-2-5-10(14(11,12)13)9-6-3-8-4-7-9/h8H,2-7H2,1H3,(H,11,12,13). The second kappa shape index (κ2) is 5.04. The Kier molecular flexibility index (Phi) is 4.27. The van der Waals surface area contributed by atoms with Crippen LogP contribution in [0.5, 0.6) is 0 Å². The third-order valence-corrected chi connectivity index (χ3v) is 3.04. The third kappa shape index (κ3) is 3.18. The van der Waals surface area contributed by atoms with E-state index in [1.54, 1.807) is 5.01 Å². The first-order chi connectivity index (χ1) is 6.55. The summed E-state index contributed by atoms with van der Waals surface area (Å²) >= 11 is 0. The van der Waals surface area contributed by atoms with E-state index in [1.807, 2.05) is 6.92 Å². The molecule has 0 bridgehead atoms. The van der Waals surface area contributed by atoms with E-state index in [0.29, 0.717) is 26.1 Å². The molecule has 0 aromatic carbocycles. The van der Waals surface area contributed by atoms with Crippen molar-refractivity contribution in [3.8, 4) is 0 Å². The largest absolute Gasteiger partial charge is 0.349 e. The number of nitrogens with one attached hydrogen (secondary N) is 1. The van der Waals surface area contributed by atoms with Crippen molar-refractivity contribution in [2.45, 2.75) is 13.3 Å². The Bertz CT molecular complexity index is 261. The summed E-state index contributed by atoms with van der Waals surface area (Å²) in [7, 11) is -4.10. The van der Waals surface area contributed by atoms with Gasteiger partial charge in [-0.3, -0.25) is 4.55 Å². The Morgan fingerprint density at radius 3 is 2.43 bits per heavy atom. The molecule has 0 aromatic heterocycles. The average molecular weight is 223 g/mol. The first-order valence-corrected chi connectivity index (χ1v) is 6.16. The van der Waals surface area contributed by atoms with Crippen LogP contribution in [0.3, 0.4) is 0 Å². The van der Waals surface area contributed by atoms with E-state index in [-0.39, 0.29) is 0 Å². The molecular weight excluding hydrogens is 206 g/mol. The number of piperazine rings is 1. The van der Waals surface area contributed by atoms with E-state index >= 15 is 0 Å². The third-order valence-electron chi connectivity index (χ3n) is 2.09. The number of hydrogen-bond donors (Lipinski definition) is 2. The molecule has 1 saturated heterocycles.